The second-order valence-corrected chi connectivity index (χ2v) is 4.88. The van der Waals surface area contributed by atoms with Crippen molar-refractivity contribution in [1.29, 1.82) is 0 Å². The van der Waals surface area contributed by atoms with Crippen LogP contribution in [0.15, 0.2) is 46.7 Å². The summed E-state index contributed by atoms with van der Waals surface area (Å²) in [5.41, 5.74) is 7.67. The molecule has 90 valence electrons. The van der Waals surface area contributed by atoms with E-state index in [1.807, 2.05) is 30.3 Å². The maximum absolute atomic E-state index is 11.5. The zero-order valence-corrected chi connectivity index (χ0v) is 10.4. The Morgan fingerprint density at radius 1 is 1.33 bits per heavy atom. The van der Waals surface area contributed by atoms with E-state index < -0.39 is 0 Å². The fraction of sp³-hybridized carbons (Fsp3) is 0.0769. The molecule has 0 fully saturated rings. The fourth-order valence-corrected chi connectivity index (χ4v) is 2.48. The summed E-state index contributed by atoms with van der Waals surface area (Å²) < 4.78 is 1.63. The number of nitrogen functional groups attached to an aromatic ring is 1. The minimum atomic E-state index is 0.0163. The summed E-state index contributed by atoms with van der Waals surface area (Å²) in [7, 11) is 0. The van der Waals surface area contributed by atoms with Crippen LogP contribution in [0.4, 0.5) is 5.82 Å². The molecule has 0 bridgehead atoms. The summed E-state index contributed by atoms with van der Waals surface area (Å²) in [6.45, 7) is 0.464. The molecule has 3 rings (SSSR count). The van der Waals surface area contributed by atoms with Crippen LogP contribution in [-0.4, -0.2) is 9.55 Å². The molecule has 0 radical (unpaired) electrons. The number of fused-ring (bicyclic) bond motifs is 1. The highest BCUT2D eigenvalue weighted by Crippen LogP contribution is 2.18. The molecule has 2 N–H and O–H groups in total. The average molecular weight is 257 g/mol. The molecule has 3 aromatic rings. The van der Waals surface area contributed by atoms with Gasteiger partial charge in [-0.05, 0) is 12.1 Å². The number of aromatic nitrogens is 2. The predicted molar refractivity (Wildman–Crippen MR) is 73.8 cm³/mol. The Labute approximate surface area is 107 Å². The number of hydrogen-bond donors (Lipinski definition) is 1. The van der Waals surface area contributed by atoms with Crippen LogP contribution in [0.1, 0.15) is 5.56 Å². The van der Waals surface area contributed by atoms with Crippen molar-refractivity contribution in [3.05, 3.63) is 57.1 Å². The summed E-state index contributed by atoms with van der Waals surface area (Å²) >= 11 is 1.18. The topological polar surface area (TPSA) is 60.9 Å². The zero-order chi connectivity index (χ0) is 12.5. The van der Waals surface area contributed by atoms with Gasteiger partial charge in [0.05, 0.1) is 12.1 Å². The smallest absolute Gasteiger partial charge is 0.307 e. The van der Waals surface area contributed by atoms with Gasteiger partial charge in [0.15, 0.2) is 0 Å². The van der Waals surface area contributed by atoms with Gasteiger partial charge in [-0.25, -0.2) is 4.98 Å². The molecule has 0 amide bonds. The van der Waals surface area contributed by atoms with Crippen molar-refractivity contribution in [2.75, 3.05) is 5.73 Å². The molecule has 5 heteroatoms. The van der Waals surface area contributed by atoms with Crippen LogP contribution in [-0.2, 0) is 6.54 Å². The van der Waals surface area contributed by atoms with E-state index in [9.17, 15) is 4.79 Å². The molecule has 0 aliphatic heterocycles. The van der Waals surface area contributed by atoms with Gasteiger partial charge < -0.3 is 10.3 Å². The Morgan fingerprint density at radius 2 is 2.17 bits per heavy atom. The van der Waals surface area contributed by atoms with Gasteiger partial charge in [-0.15, -0.1) is 0 Å². The number of rotatable bonds is 2. The van der Waals surface area contributed by atoms with Crippen LogP contribution in [0.25, 0.3) is 10.9 Å². The van der Waals surface area contributed by atoms with Crippen molar-refractivity contribution < 1.29 is 0 Å². The maximum Gasteiger partial charge on any atom is 0.307 e. The standard InChI is InChI=1S/C13H11N3OS/c14-12-10(8-16-5-6-18-13(16)17)7-9-3-1-2-4-11(9)15-12/h1-7H,8H2,(H2,14,15). The molecule has 0 saturated carbocycles. The first kappa shape index (κ1) is 11.0. The number of hydrogen-bond acceptors (Lipinski definition) is 4. The fourth-order valence-electron chi connectivity index (χ4n) is 1.89. The molecule has 0 saturated heterocycles. The first-order valence-corrected chi connectivity index (χ1v) is 6.40. The molecule has 0 spiro atoms. The SMILES string of the molecule is Nc1nc2ccccc2cc1Cn1ccsc1=O. The van der Waals surface area contributed by atoms with E-state index >= 15 is 0 Å². The molecule has 2 aromatic heterocycles. The Balaban J connectivity index is 2.09. The predicted octanol–water partition coefficient (Wildman–Crippen LogP) is 2.09. The van der Waals surface area contributed by atoms with Crippen molar-refractivity contribution in [3.8, 4) is 0 Å². The van der Waals surface area contributed by atoms with E-state index in [0.29, 0.717) is 12.4 Å². The monoisotopic (exact) mass is 257 g/mol. The van der Waals surface area contributed by atoms with Crippen LogP contribution < -0.4 is 10.6 Å². The van der Waals surface area contributed by atoms with Gasteiger partial charge in [-0.3, -0.25) is 4.79 Å². The van der Waals surface area contributed by atoms with Crippen molar-refractivity contribution in [3.63, 3.8) is 0 Å². The van der Waals surface area contributed by atoms with Crippen LogP contribution in [0.3, 0.4) is 0 Å². The van der Waals surface area contributed by atoms with Gasteiger partial charge in [0.25, 0.3) is 0 Å². The second-order valence-electron chi connectivity index (χ2n) is 4.02. The number of nitrogens with zero attached hydrogens (tertiary/aromatic N) is 2. The van der Waals surface area contributed by atoms with Gasteiger partial charge in [-0.1, -0.05) is 29.5 Å². The van der Waals surface area contributed by atoms with Gasteiger partial charge in [-0.2, -0.15) is 0 Å². The van der Waals surface area contributed by atoms with Crippen LogP contribution in [0, 0.1) is 0 Å². The van der Waals surface area contributed by atoms with E-state index in [0.717, 1.165) is 16.5 Å². The minimum absolute atomic E-state index is 0.0163. The summed E-state index contributed by atoms with van der Waals surface area (Å²) in [4.78, 5) is 15.9. The summed E-state index contributed by atoms with van der Waals surface area (Å²) in [6.07, 6.45) is 1.77. The molecular formula is C13H11N3OS. The van der Waals surface area contributed by atoms with E-state index in [1.165, 1.54) is 11.3 Å². The van der Waals surface area contributed by atoms with Gasteiger partial charge >= 0.3 is 4.87 Å². The Morgan fingerprint density at radius 3 is 2.94 bits per heavy atom. The van der Waals surface area contributed by atoms with Gasteiger partial charge in [0.2, 0.25) is 0 Å². The molecule has 0 atom stereocenters. The first-order chi connectivity index (χ1) is 8.74. The minimum Gasteiger partial charge on any atom is -0.383 e. The molecule has 0 unspecified atom stereocenters. The molecule has 0 aliphatic carbocycles. The lowest BCUT2D eigenvalue weighted by Gasteiger charge is -2.07. The average Bonchev–Trinajstić information content (AvgIpc) is 2.76. The Bertz CT molecular complexity index is 760. The van der Waals surface area contributed by atoms with Gasteiger partial charge in [0.1, 0.15) is 5.82 Å². The molecular weight excluding hydrogens is 246 g/mol. The molecule has 1 aromatic carbocycles. The van der Waals surface area contributed by atoms with Crippen LogP contribution in [0.5, 0.6) is 0 Å². The van der Waals surface area contributed by atoms with E-state index in [2.05, 4.69) is 4.98 Å². The Kier molecular flexibility index (Phi) is 2.60. The van der Waals surface area contributed by atoms with Crippen LogP contribution in [0.2, 0.25) is 0 Å². The van der Waals surface area contributed by atoms with Crippen molar-refractivity contribution in [2.24, 2.45) is 0 Å². The quantitative estimate of drug-likeness (QED) is 0.764. The number of pyridine rings is 1. The van der Waals surface area contributed by atoms with Crippen molar-refractivity contribution in [2.45, 2.75) is 6.54 Å². The third-order valence-corrected chi connectivity index (χ3v) is 3.52. The number of para-hydroxylation sites is 1. The summed E-state index contributed by atoms with van der Waals surface area (Å²) in [6, 6.07) is 9.79. The molecule has 18 heavy (non-hydrogen) atoms. The second kappa shape index (κ2) is 4.27. The lowest BCUT2D eigenvalue weighted by Crippen LogP contribution is -2.14. The molecule has 4 nitrogen and oxygen atoms in total. The molecule has 0 aliphatic rings. The number of nitrogens with two attached hydrogens (primary N) is 1. The zero-order valence-electron chi connectivity index (χ0n) is 9.54. The number of anilines is 1. The number of benzene rings is 1. The van der Waals surface area contributed by atoms with E-state index in [4.69, 9.17) is 5.73 Å². The first-order valence-electron chi connectivity index (χ1n) is 5.52. The van der Waals surface area contributed by atoms with Crippen molar-refractivity contribution in [1.82, 2.24) is 9.55 Å². The highest BCUT2D eigenvalue weighted by Gasteiger charge is 2.06. The molecule has 2 heterocycles. The lowest BCUT2D eigenvalue weighted by atomic mass is 10.1. The highest BCUT2D eigenvalue weighted by molar-refractivity contribution is 7.07. The normalized spacial score (nSPS) is 10.9. The summed E-state index contributed by atoms with van der Waals surface area (Å²) in [5.74, 6) is 0.479. The third-order valence-electron chi connectivity index (χ3n) is 2.82. The van der Waals surface area contributed by atoms with Crippen LogP contribution >= 0.6 is 11.3 Å². The highest BCUT2D eigenvalue weighted by atomic mass is 32.1. The van der Waals surface area contributed by atoms with E-state index in [1.54, 1.807) is 16.1 Å². The van der Waals surface area contributed by atoms with Gasteiger partial charge in [0, 0.05) is 22.5 Å². The van der Waals surface area contributed by atoms with E-state index in [-0.39, 0.29) is 4.87 Å². The summed E-state index contributed by atoms with van der Waals surface area (Å²) in [5, 5.41) is 2.80. The Hall–Kier alpha value is -2.14. The van der Waals surface area contributed by atoms with Crippen molar-refractivity contribution >= 4 is 28.1 Å². The lowest BCUT2D eigenvalue weighted by molar-refractivity contribution is 0.784. The largest absolute Gasteiger partial charge is 0.383 e. The number of thiazole rings is 1. The third kappa shape index (κ3) is 1.89. The maximum atomic E-state index is 11.5.